The number of benzene rings is 1. The van der Waals surface area contributed by atoms with E-state index >= 15 is 0 Å². The third-order valence-electron chi connectivity index (χ3n) is 3.90. The lowest BCUT2D eigenvalue weighted by molar-refractivity contribution is 0.218. The van der Waals surface area contributed by atoms with Crippen molar-refractivity contribution in [3.8, 4) is 17.1 Å². The van der Waals surface area contributed by atoms with E-state index in [2.05, 4.69) is 25.3 Å². The number of nitrogens with zero attached hydrogens (tertiary/aromatic N) is 5. The van der Waals surface area contributed by atoms with Crippen LogP contribution < -0.4 is 0 Å². The summed E-state index contributed by atoms with van der Waals surface area (Å²) in [7, 11) is 0.450. The van der Waals surface area contributed by atoms with Gasteiger partial charge in [0.25, 0.3) is 0 Å². The Bertz CT molecular complexity index is 1060. The minimum absolute atomic E-state index is 0.442. The smallest absolute Gasteiger partial charge is 0.162 e. The number of aromatic nitrogens is 6. The summed E-state index contributed by atoms with van der Waals surface area (Å²) < 4.78 is 19.0. The van der Waals surface area contributed by atoms with E-state index in [1.807, 2.05) is 30.3 Å². The first-order chi connectivity index (χ1) is 12.8. The van der Waals surface area contributed by atoms with Crippen LogP contribution in [-0.4, -0.2) is 53.6 Å². The van der Waals surface area contributed by atoms with Gasteiger partial charge in [-0.05, 0) is 18.2 Å². The molecule has 0 saturated heterocycles. The Morgan fingerprint density at radius 2 is 2.15 bits per heavy atom. The molecule has 0 aliphatic heterocycles. The third kappa shape index (κ3) is 3.14. The monoisotopic (exact) mass is 368 g/mol. The average Bonchev–Trinajstić information content (AvgIpc) is 3.35. The second-order valence-electron chi connectivity index (χ2n) is 5.57. The van der Waals surface area contributed by atoms with Crippen molar-refractivity contribution in [2.45, 2.75) is 4.90 Å². The topological polar surface area (TPSA) is 98.6 Å². The molecular formula is C17H16N6O2S. The summed E-state index contributed by atoms with van der Waals surface area (Å²) in [5.74, 6) is 1.13. The molecule has 0 spiro atoms. The van der Waals surface area contributed by atoms with Crippen LogP contribution in [0.1, 0.15) is 0 Å². The van der Waals surface area contributed by atoms with Gasteiger partial charge in [-0.15, -0.1) is 0 Å². The molecule has 9 heteroatoms. The summed E-state index contributed by atoms with van der Waals surface area (Å²) in [6, 6.07) is 9.63. The van der Waals surface area contributed by atoms with Crippen LogP contribution in [0, 0.1) is 0 Å². The number of rotatable bonds is 6. The summed E-state index contributed by atoms with van der Waals surface area (Å²) in [5.41, 5.74) is 2.46. The second kappa shape index (κ2) is 7.14. The van der Waals surface area contributed by atoms with E-state index in [0.29, 0.717) is 28.7 Å². The fourth-order valence-corrected chi connectivity index (χ4v) is 3.60. The number of methoxy groups -OCH3 is 1. The van der Waals surface area contributed by atoms with E-state index in [4.69, 9.17) is 4.74 Å². The van der Waals surface area contributed by atoms with Crippen LogP contribution >= 0.6 is 0 Å². The zero-order valence-electron chi connectivity index (χ0n) is 14.0. The van der Waals surface area contributed by atoms with Gasteiger partial charge >= 0.3 is 0 Å². The van der Waals surface area contributed by atoms with E-state index in [1.54, 1.807) is 24.2 Å². The zero-order valence-corrected chi connectivity index (χ0v) is 14.8. The number of fused-ring (bicyclic) bond motifs is 1. The predicted molar refractivity (Wildman–Crippen MR) is 97.4 cm³/mol. The standard InChI is InChI=1S/C17H16N6O2S/c1-25-5-6-26(24)15-8-13-9-21-23(17(13)18-10-15)14-4-2-3-12(7-14)16-19-11-20-22-16/h2-4,7-11H,5-6H2,1H3,(H,19,20,22). The van der Waals surface area contributed by atoms with E-state index < -0.39 is 10.8 Å². The Hall–Kier alpha value is -2.91. The number of aromatic amines is 1. The molecule has 0 aliphatic carbocycles. The van der Waals surface area contributed by atoms with Gasteiger partial charge in [0, 0.05) is 24.3 Å². The maximum Gasteiger partial charge on any atom is 0.162 e. The van der Waals surface area contributed by atoms with Crippen molar-refractivity contribution in [3.05, 3.63) is 49.1 Å². The Kier molecular flexibility index (Phi) is 4.55. The van der Waals surface area contributed by atoms with Gasteiger partial charge in [0.15, 0.2) is 11.5 Å². The van der Waals surface area contributed by atoms with Gasteiger partial charge in [-0.25, -0.2) is 14.6 Å². The van der Waals surface area contributed by atoms with E-state index in [-0.39, 0.29) is 0 Å². The molecule has 1 N–H and O–H groups in total. The van der Waals surface area contributed by atoms with Crippen molar-refractivity contribution >= 4 is 21.8 Å². The lowest BCUT2D eigenvalue weighted by atomic mass is 10.2. The summed E-state index contributed by atoms with van der Waals surface area (Å²) in [4.78, 5) is 9.31. The molecule has 3 heterocycles. The van der Waals surface area contributed by atoms with E-state index in [9.17, 15) is 4.21 Å². The van der Waals surface area contributed by atoms with Gasteiger partial charge in [-0.3, -0.25) is 9.31 Å². The lowest BCUT2D eigenvalue weighted by Crippen LogP contribution is -2.05. The van der Waals surface area contributed by atoms with Crippen molar-refractivity contribution in [1.82, 2.24) is 29.9 Å². The van der Waals surface area contributed by atoms with Crippen LogP contribution in [0.15, 0.2) is 53.9 Å². The number of hydrogen-bond donors (Lipinski definition) is 1. The first kappa shape index (κ1) is 16.6. The van der Waals surface area contributed by atoms with Crippen LogP contribution in [0.4, 0.5) is 0 Å². The molecule has 0 amide bonds. The number of pyridine rings is 1. The number of ether oxygens (including phenoxy) is 1. The summed E-state index contributed by atoms with van der Waals surface area (Å²) in [5, 5.41) is 12.0. The first-order valence-electron chi connectivity index (χ1n) is 7.93. The van der Waals surface area contributed by atoms with Gasteiger partial charge in [-0.1, -0.05) is 12.1 Å². The molecule has 0 fully saturated rings. The number of hydrogen-bond acceptors (Lipinski definition) is 6. The molecule has 0 saturated carbocycles. The van der Waals surface area contributed by atoms with Crippen LogP contribution in [0.5, 0.6) is 0 Å². The highest BCUT2D eigenvalue weighted by atomic mass is 32.2. The van der Waals surface area contributed by atoms with Crippen molar-refractivity contribution < 1.29 is 8.95 Å². The molecule has 26 heavy (non-hydrogen) atoms. The molecule has 0 aliphatic rings. The molecule has 1 aromatic carbocycles. The van der Waals surface area contributed by atoms with E-state index in [0.717, 1.165) is 16.6 Å². The highest BCUT2D eigenvalue weighted by molar-refractivity contribution is 7.85. The SMILES string of the molecule is COCCS(=O)c1cnc2c(cnn2-c2cccc(-c3ncn[nH]3)c2)c1. The maximum absolute atomic E-state index is 12.2. The van der Waals surface area contributed by atoms with Crippen LogP contribution in [0.2, 0.25) is 0 Å². The molecule has 1 unspecified atom stereocenters. The fourth-order valence-electron chi connectivity index (χ4n) is 2.62. The quantitative estimate of drug-likeness (QED) is 0.559. The molecule has 4 aromatic rings. The average molecular weight is 368 g/mol. The Labute approximate surface area is 151 Å². The van der Waals surface area contributed by atoms with Gasteiger partial charge in [-0.2, -0.15) is 10.2 Å². The molecule has 1 atom stereocenters. The number of H-pyrrole nitrogens is 1. The van der Waals surface area contributed by atoms with Crippen molar-refractivity contribution in [3.63, 3.8) is 0 Å². The van der Waals surface area contributed by atoms with Crippen molar-refractivity contribution in [2.75, 3.05) is 19.5 Å². The van der Waals surface area contributed by atoms with Crippen LogP contribution in [0.25, 0.3) is 28.1 Å². The Morgan fingerprint density at radius 1 is 1.23 bits per heavy atom. The van der Waals surface area contributed by atoms with Crippen molar-refractivity contribution in [2.24, 2.45) is 0 Å². The minimum Gasteiger partial charge on any atom is -0.384 e. The third-order valence-corrected chi connectivity index (χ3v) is 5.18. The first-order valence-corrected chi connectivity index (χ1v) is 9.25. The molecule has 3 aromatic heterocycles. The largest absolute Gasteiger partial charge is 0.384 e. The molecule has 0 radical (unpaired) electrons. The van der Waals surface area contributed by atoms with Gasteiger partial charge in [0.05, 0.1) is 39.9 Å². The summed E-state index contributed by atoms with van der Waals surface area (Å²) >= 11 is 0. The van der Waals surface area contributed by atoms with Gasteiger partial charge in [0.1, 0.15) is 6.33 Å². The maximum atomic E-state index is 12.2. The zero-order chi connectivity index (χ0) is 17.9. The highest BCUT2D eigenvalue weighted by Crippen LogP contribution is 2.22. The Morgan fingerprint density at radius 3 is 2.96 bits per heavy atom. The van der Waals surface area contributed by atoms with Crippen LogP contribution in [0.3, 0.4) is 0 Å². The fraction of sp³-hybridized carbons (Fsp3) is 0.176. The molecule has 0 bridgehead atoms. The highest BCUT2D eigenvalue weighted by Gasteiger charge is 2.11. The minimum atomic E-state index is -1.14. The molecule has 8 nitrogen and oxygen atoms in total. The number of nitrogens with one attached hydrogen (secondary N) is 1. The predicted octanol–water partition coefficient (Wildman–Crippen LogP) is 1.96. The van der Waals surface area contributed by atoms with Crippen molar-refractivity contribution in [1.29, 1.82) is 0 Å². The summed E-state index contributed by atoms with van der Waals surface area (Å²) in [6.07, 6.45) is 4.82. The molecule has 4 rings (SSSR count). The summed E-state index contributed by atoms with van der Waals surface area (Å²) in [6.45, 7) is 0.443. The van der Waals surface area contributed by atoms with Gasteiger partial charge in [0.2, 0.25) is 0 Å². The molecule has 132 valence electrons. The lowest BCUT2D eigenvalue weighted by Gasteiger charge is -2.05. The Balaban J connectivity index is 1.70. The second-order valence-corrected chi connectivity index (χ2v) is 7.14. The normalized spacial score (nSPS) is 12.5. The molecular weight excluding hydrogens is 352 g/mol. The van der Waals surface area contributed by atoms with Crippen LogP contribution in [-0.2, 0) is 15.5 Å². The van der Waals surface area contributed by atoms with Gasteiger partial charge < -0.3 is 4.74 Å². The van der Waals surface area contributed by atoms with E-state index in [1.165, 1.54) is 6.33 Å².